The van der Waals surface area contributed by atoms with Gasteiger partial charge in [0.05, 0.1) is 6.61 Å². The van der Waals surface area contributed by atoms with Crippen LogP contribution in [0.2, 0.25) is 0 Å². The molecule has 0 aromatic heterocycles. The highest BCUT2D eigenvalue weighted by Crippen LogP contribution is 2.14. The first-order valence-corrected chi connectivity index (χ1v) is 4.89. The summed E-state index contributed by atoms with van der Waals surface area (Å²) >= 11 is 0. The molecule has 4 nitrogen and oxygen atoms in total. The van der Waals surface area contributed by atoms with E-state index in [9.17, 15) is 4.57 Å². The predicted octanol–water partition coefficient (Wildman–Crippen LogP) is 0.727. The van der Waals surface area contributed by atoms with Crippen molar-refractivity contribution in [3.05, 3.63) is 0 Å². The standard InChI is InChI=1S/C6H16NO3P/c1-7(2)5-3-4-6-10-11(8)9/h11H,3-6H2,1-2H3,(H,8,9). The third-order valence-electron chi connectivity index (χ3n) is 1.23. The van der Waals surface area contributed by atoms with Gasteiger partial charge in [0, 0.05) is 0 Å². The van der Waals surface area contributed by atoms with E-state index in [1.54, 1.807) is 0 Å². The van der Waals surface area contributed by atoms with Crippen molar-refractivity contribution in [1.29, 1.82) is 0 Å². The SMILES string of the molecule is CN(C)CCCCO[PH](=O)O. The molecule has 0 fully saturated rings. The zero-order valence-electron chi connectivity index (χ0n) is 7.04. The van der Waals surface area contributed by atoms with E-state index in [1.807, 2.05) is 14.1 Å². The summed E-state index contributed by atoms with van der Waals surface area (Å²) in [6, 6.07) is 0. The van der Waals surface area contributed by atoms with E-state index in [2.05, 4.69) is 9.42 Å². The lowest BCUT2D eigenvalue weighted by Gasteiger charge is -2.07. The van der Waals surface area contributed by atoms with Crippen molar-refractivity contribution in [3.63, 3.8) is 0 Å². The summed E-state index contributed by atoms with van der Waals surface area (Å²) in [5.41, 5.74) is 0. The molecule has 1 unspecified atom stereocenters. The molecule has 0 aromatic carbocycles. The van der Waals surface area contributed by atoms with Crippen LogP contribution in [0.1, 0.15) is 12.8 Å². The largest absolute Gasteiger partial charge is 0.326 e. The lowest BCUT2D eigenvalue weighted by atomic mass is 10.3. The Balaban J connectivity index is 2.97. The van der Waals surface area contributed by atoms with Gasteiger partial charge in [-0.2, -0.15) is 0 Å². The minimum Gasteiger partial charge on any atom is -0.326 e. The summed E-state index contributed by atoms with van der Waals surface area (Å²) < 4.78 is 14.6. The Labute approximate surface area is 68.1 Å². The molecule has 0 aliphatic heterocycles. The summed E-state index contributed by atoms with van der Waals surface area (Å²) in [5.74, 6) is 0. The maximum Gasteiger partial charge on any atom is 0.316 e. The highest BCUT2D eigenvalue weighted by molar-refractivity contribution is 7.32. The van der Waals surface area contributed by atoms with Crippen molar-refractivity contribution < 1.29 is 14.0 Å². The summed E-state index contributed by atoms with van der Waals surface area (Å²) in [5, 5.41) is 0. The second-order valence-corrected chi connectivity index (χ2v) is 3.45. The smallest absolute Gasteiger partial charge is 0.316 e. The van der Waals surface area contributed by atoms with Crippen molar-refractivity contribution in [1.82, 2.24) is 4.90 Å². The van der Waals surface area contributed by atoms with Crippen LogP contribution in [0.3, 0.4) is 0 Å². The summed E-state index contributed by atoms with van der Waals surface area (Å²) in [6.45, 7) is 1.39. The molecule has 0 radical (unpaired) electrons. The molecule has 0 amide bonds. The molecule has 1 N–H and O–H groups in total. The van der Waals surface area contributed by atoms with Crippen LogP contribution >= 0.6 is 8.25 Å². The number of hydrogen-bond acceptors (Lipinski definition) is 3. The average Bonchev–Trinajstić information content (AvgIpc) is 1.85. The Morgan fingerprint density at radius 3 is 2.55 bits per heavy atom. The Hall–Kier alpha value is 0.110. The fourth-order valence-electron chi connectivity index (χ4n) is 0.690. The van der Waals surface area contributed by atoms with Gasteiger partial charge in [0.1, 0.15) is 0 Å². The van der Waals surface area contributed by atoms with Gasteiger partial charge in [0.15, 0.2) is 0 Å². The van der Waals surface area contributed by atoms with Gasteiger partial charge in [0.25, 0.3) is 0 Å². The molecule has 0 saturated heterocycles. The number of hydrogen-bond donors (Lipinski definition) is 1. The molecule has 0 aliphatic carbocycles. The average molecular weight is 181 g/mol. The van der Waals surface area contributed by atoms with E-state index >= 15 is 0 Å². The van der Waals surface area contributed by atoms with Gasteiger partial charge >= 0.3 is 8.25 Å². The minimum atomic E-state index is -2.70. The first-order valence-electron chi connectivity index (χ1n) is 3.63. The highest BCUT2D eigenvalue weighted by Gasteiger charge is 1.93. The van der Waals surface area contributed by atoms with Crippen molar-refractivity contribution in [2.45, 2.75) is 12.8 Å². The molecule has 0 spiro atoms. The van der Waals surface area contributed by atoms with Gasteiger partial charge in [-0.3, -0.25) is 4.57 Å². The number of nitrogens with zero attached hydrogens (tertiary/aromatic N) is 1. The zero-order chi connectivity index (χ0) is 8.69. The van der Waals surface area contributed by atoms with Crippen LogP contribution in [-0.4, -0.2) is 37.0 Å². The van der Waals surface area contributed by atoms with Crippen molar-refractivity contribution >= 4 is 8.25 Å². The molecule has 0 rings (SSSR count). The normalized spacial score (nSPS) is 13.8. The van der Waals surface area contributed by atoms with Crippen LogP contribution < -0.4 is 0 Å². The molecule has 0 saturated carbocycles. The van der Waals surface area contributed by atoms with Gasteiger partial charge < -0.3 is 14.3 Å². The fraction of sp³-hybridized carbons (Fsp3) is 1.00. The summed E-state index contributed by atoms with van der Waals surface area (Å²) in [7, 11) is 1.29. The van der Waals surface area contributed by atoms with Crippen molar-refractivity contribution in [2.24, 2.45) is 0 Å². The Bertz CT molecular complexity index is 118. The van der Waals surface area contributed by atoms with Crippen LogP contribution in [-0.2, 0) is 9.09 Å². The molecule has 0 aromatic rings. The first-order chi connectivity index (χ1) is 5.13. The maximum atomic E-state index is 10.0. The molecule has 11 heavy (non-hydrogen) atoms. The number of unbranched alkanes of at least 4 members (excludes halogenated alkanes) is 1. The van der Waals surface area contributed by atoms with Crippen LogP contribution in [0.25, 0.3) is 0 Å². The Morgan fingerprint density at radius 2 is 2.09 bits per heavy atom. The molecule has 0 bridgehead atoms. The summed E-state index contributed by atoms with van der Waals surface area (Å²) in [4.78, 5) is 10.3. The molecular weight excluding hydrogens is 165 g/mol. The van der Waals surface area contributed by atoms with Crippen LogP contribution in [0.4, 0.5) is 0 Å². The molecule has 0 aliphatic rings. The monoisotopic (exact) mass is 181 g/mol. The maximum absolute atomic E-state index is 10.0. The third-order valence-corrected chi connectivity index (χ3v) is 1.68. The van der Waals surface area contributed by atoms with E-state index < -0.39 is 8.25 Å². The van der Waals surface area contributed by atoms with Crippen molar-refractivity contribution in [2.75, 3.05) is 27.2 Å². The van der Waals surface area contributed by atoms with Gasteiger partial charge in [-0.25, -0.2) is 0 Å². The lowest BCUT2D eigenvalue weighted by molar-refractivity contribution is 0.267. The Morgan fingerprint density at radius 1 is 1.45 bits per heavy atom. The van der Waals surface area contributed by atoms with Gasteiger partial charge in [0.2, 0.25) is 0 Å². The van der Waals surface area contributed by atoms with Gasteiger partial charge in [-0.1, -0.05) is 0 Å². The topological polar surface area (TPSA) is 49.8 Å². The Kier molecular flexibility index (Phi) is 6.87. The van der Waals surface area contributed by atoms with Crippen LogP contribution in [0.15, 0.2) is 0 Å². The van der Waals surface area contributed by atoms with E-state index in [-0.39, 0.29) is 0 Å². The minimum absolute atomic E-state index is 0.391. The quantitative estimate of drug-likeness (QED) is 0.484. The third kappa shape index (κ3) is 10.1. The van der Waals surface area contributed by atoms with E-state index in [1.165, 1.54) is 0 Å². The zero-order valence-corrected chi connectivity index (χ0v) is 8.04. The van der Waals surface area contributed by atoms with Crippen LogP contribution in [0.5, 0.6) is 0 Å². The van der Waals surface area contributed by atoms with E-state index in [0.717, 1.165) is 19.4 Å². The fourth-order valence-corrected chi connectivity index (χ4v) is 1.01. The lowest BCUT2D eigenvalue weighted by Crippen LogP contribution is -2.13. The highest BCUT2D eigenvalue weighted by atomic mass is 31.1. The predicted molar refractivity (Wildman–Crippen MR) is 45.0 cm³/mol. The molecule has 68 valence electrons. The van der Waals surface area contributed by atoms with E-state index in [4.69, 9.17) is 4.89 Å². The van der Waals surface area contributed by atoms with Crippen molar-refractivity contribution in [3.8, 4) is 0 Å². The van der Waals surface area contributed by atoms with Gasteiger partial charge in [-0.05, 0) is 33.5 Å². The molecule has 0 heterocycles. The van der Waals surface area contributed by atoms with Crippen LogP contribution in [0, 0.1) is 0 Å². The molecule has 5 heteroatoms. The number of rotatable bonds is 6. The molecule has 1 atom stereocenters. The second kappa shape index (κ2) is 6.80. The summed E-state index contributed by atoms with van der Waals surface area (Å²) in [6.07, 6.45) is 1.84. The second-order valence-electron chi connectivity index (χ2n) is 2.62. The van der Waals surface area contributed by atoms with Gasteiger partial charge in [-0.15, -0.1) is 0 Å². The first kappa shape index (κ1) is 11.1. The molecular formula is C6H16NO3P. The van der Waals surface area contributed by atoms with E-state index in [0.29, 0.717) is 6.61 Å².